The van der Waals surface area contributed by atoms with Crippen LogP contribution in [0.3, 0.4) is 0 Å². The number of ketones is 1. The van der Waals surface area contributed by atoms with Crippen molar-refractivity contribution in [1.29, 1.82) is 0 Å². The third-order valence-electron chi connectivity index (χ3n) is 3.78. The molecule has 0 saturated heterocycles. The number of esters is 1. The molecule has 0 bridgehead atoms. The van der Waals surface area contributed by atoms with Crippen molar-refractivity contribution in [1.82, 2.24) is 0 Å². The van der Waals surface area contributed by atoms with E-state index in [0.29, 0.717) is 0 Å². The van der Waals surface area contributed by atoms with Crippen molar-refractivity contribution in [2.45, 2.75) is 73.9 Å². The van der Waals surface area contributed by atoms with Gasteiger partial charge in [-0.25, -0.2) is 13.6 Å². The SMILES string of the molecule is C=C(C)C(=O)OCC(F)(F)C(O)C(F)(F)F.CO.O=C(C(F)(F)F)C(F)(F)CO.OC(C(F)(F)F)C(F)(F)F.OCC(F)(F)C(O)C(F)(F)F. The van der Waals surface area contributed by atoms with Gasteiger partial charge in [0.2, 0.25) is 18.3 Å². The number of ether oxygens (including phenoxy) is 1. The third-order valence-corrected chi connectivity index (χ3v) is 3.78. The molecule has 0 radical (unpaired) electrons. The summed E-state index contributed by atoms with van der Waals surface area (Å²) in [5.74, 6) is -18.3. The number of Topliss-reactive ketones (excluding diaryl/α,β-unsaturated/α-hetero) is 1. The van der Waals surface area contributed by atoms with E-state index in [1.807, 2.05) is 0 Å². The van der Waals surface area contributed by atoms with Crippen LogP contribution in [0.4, 0.5) is 92.2 Å². The Balaban J connectivity index is -0.000000180. The van der Waals surface area contributed by atoms with Gasteiger partial charge in [0.25, 0.3) is 0 Å². The predicted molar refractivity (Wildman–Crippen MR) is 116 cm³/mol. The van der Waals surface area contributed by atoms with Crippen molar-refractivity contribution < 1.29 is 137 Å². The average Bonchev–Trinajstić information content (AvgIpc) is 2.93. The fourth-order valence-corrected chi connectivity index (χ4v) is 1.39. The minimum Gasteiger partial charge on any atom is -0.456 e. The fourth-order valence-electron chi connectivity index (χ4n) is 1.39. The molecular formula is C20H23F21O9. The molecule has 0 fully saturated rings. The Kier molecular flexibility index (Phi) is 23.6. The minimum absolute atomic E-state index is 0.239. The topological polar surface area (TPSA) is 165 Å². The van der Waals surface area contributed by atoms with E-state index in [0.717, 1.165) is 14.0 Å². The molecule has 0 heterocycles. The molecule has 0 aliphatic rings. The maximum absolute atomic E-state index is 12.7. The highest BCUT2D eigenvalue weighted by atomic mass is 19.4. The van der Waals surface area contributed by atoms with Gasteiger partial charge in [0, 0.05) is 12.7 Å². The number of hydrogen-bond acceptors (Lipinski definition) is 9. The Labute approximate surface area is 263 Å². The van der Waals surface area contributed by atoms with Gasteiger partial charge in [-0.05, 0) is 6.92 Å². The zero-order valence-corrected chi connectivity index (χ0v) is 23.9. The average molecular weight is 806 g/mol. The van der Waals surface area contributed by atoms with Crippen LogP contribution in [0, 0.1) is 0 Å². The van der Waals surface area contributed by atoms with E-state index in [1.54, 1.807) is 0 Å². The van der Waals surface area contributed by atoms with Gasteiger partial charge in [0.15, 0.2) is 6.61 Å². The zero-order chi connectivity index (χ0) is 42.3. The van der Waals surface area contributed by atoms with E-state index < -0.39 is 98.5 Å². The van der Waals surface area contributed by atoms with Gasteiger partial charge in [0.05, 0.1) is 0 Å². The quantitative estimate of drug-likeness (QED) is 0.121. The lowest BCUT2D eigenvalue weighted by Crippen LogP contribution is -2.48. The van der Waals surface area contributed by atoms with Gasteiger partial charge in [-0.15, -0.1) is 0 Å². The summed E-state index contributed by atoms with van der Waals surface area (Å²) in [4.78, 5) is 20.3. The molecule has 2 unspecified atom stereocenters. The number of aliphatic hydroxyl groups is 6. The first-order chi connectivity index (χ1) is 21.6. The molecule has 0 aliphatic heterocycles. The van der Waals surface area contributed by atoms with Gasteiger partial charge in [0.1, 0.15) is 13.2 Å². The maximum Gasteiger partial charge on any atom is 0.456 e. The molecule has 0 amide bonds. The van der Waals surface area contributed by atoms with Crippen molar-refractivity contribution in [3.63, 3.8) is 0 Å². The first-order valence-electron chi connectivity index (χ1n) is 11.1. The standard InChI is InChI=1S/C8H9F5O3.C4H5F5O2.C4H3F5O2.C3H2F6O.CH4O/c1-4(2)5(14)16-3-7(9,10)6(15)8(11,12)13;2*5-3(6,1-10)2(11)4(7,8)9;4-2(5,6)1(10)3(7,8)9;1-2/h6,15H,1,3H2,2H3;2,10-11H,1H2;10H,1H2;1,10H;2H,1H3. The molecule has 0 spiro atoms. The lowest BCUT2D eigenvalue weighted by atomic mass is 10.2. The summed E-state index contributed by atoms with van der Waals surface area (Å²) in [5.41, 5.74) is -0.239. The fraction of sp³-hybridized carbons (Fsp3) is 0.800. The number of hydrogen-bond donors (Lipinski definition) is 6. The van der Waals surface area contributed by atoms with Crippen LogP contribution in [0.25, 0.3) is 0 Å². The number of carbonyl (C=O) groups excluding carboxylic acids is 2. The summed E-state index contributed by atoms with van der Waals surface area (Å²) >= 11 is 0. The highest BCUT2D eigenvalue weighted by Crippen LogP contribution is 2.34. The molecule has 0 aliphatic carbocycles. The van der Waals surface area contributed by atoms with E-state index in [1.165, 1.54) is 0 Å². The lowest BCUT2D eigenvalue weighted by Gasteiger charge is -2.23. The maximum atomic E-state index is 12.7. The highest BCUT2D eigenvalue weighted by Gasteiger charge is 2.57. The minimum atomic E-state index is -5.63. The van der Waals surface area contributed by atoms with Gasteiger partial charge in [-0.2, -0.15) is 83.4 Å². The number of rotatable bonds is 8. The summed E-state index contributed by atoms with van der Waals surface area (Å²) in [6.07, 6.45) is -39.7. The van der Waals surface area contributed by atoms with E-state index >= 15 is 0 Å². The van der Waals surface area contributed by atoms with Crippen molar-refractivity contribution in [2.24, 2.45) is 0 Å². The van der Waals surface area contributed by atoms with E-state index in [4.69, 9.17) is 30.6 Å². The molecule has 0 aromatic carbocycles. The van der Waals surface area contributed by atoms with Crippen molar-refractivity contribution in [3.05, 3.63) is 12.2 Å². The molecule has 9 nitrogen and oxygen atoms in total. The van der Waals surface area contributed by atoms with Crippen LogP contribution in [0.5, 0.6) is 0 Å². The third kappa shape index (κ3) is 23.6. The smallest absolute Gasteiger partial charge is 0.456 e. The Morgan fingerprint density at radius 3 is 0.980 bits per heavy atom. The predicted octanol–water partition coefficient (Wildman–Crippen LogP) is 4.03. The first-order valence-corrected chi connectivity index (χ1v) is 11.1. The van der Waals surface area contributed by atoms with Crippen LogP contribution in [-0.2, 0) is 14.3 Å². The molecule has 0 aromatic heterocycles. The Bertz CT molecular complexity index is 985. The molecule has 2 atom stereocenters. The van der Waals surface area contributed by atoms with Gasteiger partial charge in [-0.1, -0.05) is 6.58 Å². The van der Waals surface area contributed by atoms with Gasteiger partial charge < -0.3 is 35.4 Å². The molecule has 30 heteroatoms. The Morgan fingerprint density at radius 2 is 0.840 bits per heavy atom. The van der Waals surface area contributed by atoms with Crippen LogP contribution in [0.1, 0.15) is 6.92 Å². The number of halogens is 21. The van der Waals surface area contributed by atoms with Gasteiger partial charge in [-0.3, -0.25) is 4.79 Å². The van der Waals surface area contributed by atoms with E-state index in [9.17, 15) is 102 Å². The van der Waals surface area contributed by atoms with Crippen molar-refractivity contribution >= 4 is 11.8 Å². The van der Waals surface area contributed by atoms with Crippen LogP contribution in [0.2, 0.25) is 0 Å². The summed E-state index contributed by atoms with van der Waals surface area (Å²) in [6, 6.07) is 0. The van der Waals surface area contributed by atoms with Crippen LogP contribution in [0.15, 0.2) is 12.2 Å². The lowest BCUT2D eigenvalue weighted by molar-refractivity contribution is -0.308. The first kappa shape index (κ1) is 56.5. The summed E-state index contributed by atoms with van der Waals surface area (Å²) in [5, 5.41) is 46.0. The number of alkyl halides is 21. The number of aliphatic hydroxyl groups excluding tert-OH is 6. The second-order valence-electron chi connectivity index (χ2n) is 8.10. The van der Waals surface area contributed by atoms with Crippen LogP contribution in [-0.4, -0.2) is 136 Å². The largest absolute Gasteiger partial charge is 0.456 e. The summed E-state index contributed by atoms with van der Waals surface area (Å²) in [6.45, 7) is -1.84. The summed E-state index contributed by atoms with van der Waals surface area (Å²) < 4.78 is 245. The van der Waals surface area contributed by atoms with Crippen molar-refractivity contribution in [3.8, 4) is 0 Å². The molecular weight excluding hydrogens is 783 g/mol. The highest BCUT2D eigenvalue weighted by molar-refractivity contribution is 5.90. The normalized spacial score (nSPS) is 14.2. The summed E-state index contributed by atoms with van der Waals surface area (Å²) in [7, 11) is 1.00. The Hall–Kier alpha value is -2.83. The van der Waals surface area contributed by atoms with Crippen LogP contribution < -0.4 is 0 Å². The Morgan fingerprint density at radius 1 is 0.560 bits per heavy atom. The molecule has 0 saturated carbocycles. The molecule has 0 aromatic rings. The number of carbonyl (C=O) groups is 2. The zero-order valence-electron chi connectivity index (χ0n) is 23.9. The molecule has 304 valence electrons. The second kappa shape index (κ2) is 20.9. The molecule has 0 rings (SSSR count). The van der Waals surface area contributed by atoms with Crippen molar-refractivity contribution in [2.75, 3.05) is 26.9 Å². The van der Waals surface area contributed by atoms with E-state index in [2.05, 4.69) is 11.3 Å². The van der Waals surface area contributed by atoms with Crippen LogP contribution >= 0.6 is 0 Å². The monoisotopic (exact) mass is 806 g/mol. The van der Waals surface area contributed by atoms with E-state index in [-0.39, 0.29) is 5.57 Å². The molecule has 6 N–H and O–H groups in total. The second-order valence-corrected chi connectivity index (χ2v) is 8.10. The van der Waals surface area contributed by atoms with Gasteiger partial charge >= 0.3 is 60.4 Å². The molecule has 50 heavy (non-hydrogen) atoms.